The van der Waals surface area contributed by atoms with E-state index in [1.165, 1.54) is 6.92 Å². The highest BCUT2D eigenvalue weighted by Crippen LogP contribution is 2.30. The average molecular weight is 344 g/mol. The van der Waals surface area contributed by atoms with Crippen LogP contribution in [0.3, 0.4) is 0 Å². The molecule has 0 heterocycles. The molecule has 0 bridgehead atoms. The fourth-order valence-electron chi connectivity index (χ4n) is 3.12. The first-order valence-electron chi connectivity index (χ1n) is 9.02. The van der Waals surface area contributed by atoms with E-state index in [2.05, 4.69) is 0 Å². The van der Waals surface area contributed by atoms with Crippen molar-refractivity contribution in [2.75, 3.05) is 13.7 Å². The molecule has 140 valence electrons. The van der Waals surface area contributed by atoms with Crippen molar-refractivity contribution >= 4 is 11.9 Å². The maximum absolute atomic E-state index is 12.0. The van der Waals surface area contributed by atoms with Crippen LogP contribution in [0.25, 0.3) is 0 Å². The number of carbonyl (C=O) groups is 2. The topological polar surface area (TPSA) is 71.1 Å². The highest BCUT2D eigenvalue weighted by molar-refractivity contribution is 5.69. The van der Waals surface area contributed by atoms with Crippen LogP contribution in [0.2, 0.25) is 0 Å². The minimum absolute atomic E-state index is 0.116. The Morgan fingerprint density at radius 2 is 1.71 bits per heavy atom. The number of hydrogen-bond acceptors (Lipinski definition) is 6. The molecule has 1 saturated carbocycles. The molecular formula is C18H32O6. The van der Waals surface area contributed by atoms with Gasteiger partial charge in [-0.2, -0.15) is 0 Å². The van der Waals surface area contributed by atoms with Gasteiger partial charge in [0.15, 0.2) is 0 Å². The predicted octanol–water partition coefficient (Wildman–Crippen LogP) is 3.42. The second-order valence-corrected chi connectivity index (χ2v) is 6.31. The monoisotopic (exact) mass is 344 g/mol. The summed E-state index contributed by atoms with van der Waals surface area (Å²) >= 11 is 0. The van der Waals surface area contributed by atoms with E-state index in [4.69, 9.17) is 18.9 Å². The molecular weight excluding hydrogens is 312 g/mol. The minimum Gasteiger partial charge on any atom is -0.436 e. The van der Waals surface area contributed by atoms with Crippen LogP contribution in [0.5, 0.6) is 0 Å². The molecule has 0 amide bonds. The number of methoxy groups -OCH3 is 1. The molecule has 0 aliphatic heterocycles. The zero-order chi connectivity index (χ0) is 17.9. The van der Waals surface area contributed by atoms with Crippen LogP contribution in [0.1, 0.15) is 65.7 Å². The van der Waals surface area contributed by atoms with Gasteiger partial charge in [0.2, 0.25) is 12.6 Å². The zero-order valence-corrected chi connectivity index (χ0v) is 15.4. The van der Waals surface area contributed by atoms with Crippen molar-refractivity contribution in [3.05, 3.63) is 0 Å². The van der Waals surface area contributed by atoms with Gasteiger partial charge in [0.1, 0.15) is 0 Å². The molecule has 24 heavy (non-hydrogen) atoms. The van der Waals surface area contributed by atoms with Crippen LogP contribution in [-0.4, -0.2) is 38.2 Å². The van der Waals surface area contributed by atoms with Gasteiger partial charge in [-0.25, -0.2) is 0 Å². The lowest BCUT2D eigenvalue weighted by Crippen LogP contribution is -2.30. The van der Waals surface area contributed by atoms with Gasteiger partial charge >= 0.3 is 11.9 Å². The van der Waals surface area contributed by atoms with Gasteiger partial charge in [0, 0.05) is 25.9 Å². The van der Waals surface area contributed by atoms with E-state index in [0.717, 1.165) is 38.5 Å². The summed E-state index contributed by atoms with van der Waals surface area (Å²) in [5.74, 6) is -0.308. The summed E-state index contributed by atoms with van der Waals surface area (Å²) in [7, 11) is 1.55. The van der Waals surface area contributed by atoms with Gasteiger partial charge in [-0.1, -0.05) is 26.7 Å². The SMILES string of the molecule is CCC(CC)C(OC)OC(=O)CCOC(OC(C)=O)C1CCCC1. The van der Waals surface area contributed by atoms with Crippen LogP contribution in [0.15, 0.2) is 0 Å². The second kappa shape index (κ2) is 11.4. The van der Waals surface area contributed by atoms with E-state index in [9.17, 15) is 9.59 Å². The molecule has 6 nitrogen and oxygen atoms in total. The molecule has 0 aromatic heterocycles. The Kier molecular flexibility index (Phi) is 9.95. The Bertz CT molecular complexity index is 374. The number of hydrogen-bond donors (Lipinski definition) is 0. The Balaban J connectivity index is 2.39. The third-order valence-electron chi connectivity index (χ3n) is 4.57. The summed E-state index contributed by atoms with van der Waals surface area (Å²) in [6.07, 6.45) is 5.03. The highest BCUT2D eigenvalue weighted by Gasteiger charge is 2.28. The van der Waals surface area contributed by atoms with Crippen LogP contribution in [0.4, 0.5) is 0 Å². The molecule has 0 spiro atoms. The first-order chi connectivity index (χ1) is 11.5. The van der Waals surface area contributed by atoms with Crippen molar-refractivity contribution in [2.45, 2.75) is 78.3 Å². The lowest BCUT2D eigenvalue weighted by Gasteiger charge is -2.25. The van der Waals surface area contributed by atoms with Crippen LogP contribution in [0, 0.1) is 11.8 Å². The minimum atomic E-state index is -0.560. The van der Waals surface area contributed by atoms with Gasteiger partial charge in [0.25, 0.3) is 0 Å². The van der Waals surface area contributed by atoms with Crippen LogP contribution >= 0.6 is 0 Å². The molecule has 0 aromatic carbocycles. The zero-order valence-electron chi connectivity index (χ0n) is 15.4. The maximum Gasteiger partial charge on any atom is 0.310 e. The fourth-order valence-corrected chi connectivity index (χ4v) is 3.12. The van der Waals surface area contributed by atoms with E-state index in [0.29, 0.717) is 0 Å². The van der Waals surface area contributed by atoms with E-state index >= 15 is 0 Å². The number of ether oxygens (including phenoxy) is 4. The van der Waals surface area contributed by atoms with E-state index < -0.39 is 12.6 Å². The third kappa shape index (κ3) is 7.18. The maximum atomic E-state index is 12.0. The number of rotatable bonds is 11. The lowest BCUT2D eigenvalue weighted by atomic mass is 10.0. The Hall–Kier alpha value is -1.14. The first-order valence-corrected chi connectivity index (χ1v) is 9.02. The summed E-state index contributed by atoms with van der Waals surface area (Å²) in [4.78, 5) is 23.2. The van der Waals surface area contributed by atoms with Crippen molar-refractivity contribution in [2.24, 2.45) is 11.8 Å². The molecule has 0 radical (unpaired) electrons. The molecule has 2 atom stereocenters. The number of carbonyl (C=O) groups excluding carboxylic acids is 2. The van der Waals surface area contributed by atoms with E-state index in [1.54, 1.807) is 7.11 Å². The van der Waals surface area contributed by atoms with Gasteiger partial charge in [-0.15, -0.1) is 0 Å². The normalized spacial score (nSPS) is 17.7. The van der Waals surface area contributed by atoms with Gasteiger partial charge < -0.3 is 18.9 Å². The quantitative estimate of drug-likeness (QED) is 0.422. The molecule has 0 saturated heterocycles. The third-order valence-corrected chi connectivity index (χ3v) is 4.57. The lowest BCUT2D eigenvalue weighted by molar-refractivity contribution is -0.196. The highest BCUT2D eigenvalue weighted by atomic mass is 16.7. The molecule has 1 fully saturated rings. The second-order valence-electron chi connectivity index (χ2n) is 6.31. The van der Waals surface area contributed by atoms with E-state index in [1.807, 2.05) is 13.8 Å². The first kappa shape index (κ1) is 20.9. The largest absolute Gasteiger partial charge is 0.436 e. The average Bonchev–Trinajstić information content (AvgIpc) is 3.08. The molecule has 6 heteroatoms. The van der Waals surface area contributed by atoms with Crippen LogP contribution in [-0.2, 0) is 28.5 Å². The number of esters is 2. The summed E-state index contributed by atoms with van der Waals surface area (Å²) in [5, 5.41) is 0. The van der Waals surface area contributed by atoms with E-state index in [-0.39, 0.29) is 36.8 Å². The predicted molar refractivity (Wildman–Crippen MR) is 89.0 cm³/mol. The van der Waals surface area contributed by atoms with Crippen LogP contribution < -0.4 is 0 Å². The molecule has 1 aliphatic rings. The van der Waals surface area contributed by atoms with Crippen molar-refractivity contribution in [1.29, 1.82) is 0 Å². The fraction of sp³-hybridized carbons (Fsp3) is 0.889. The summed E-state index contributed by atoms with van der Waals surface area (Å²) in [6.45, 7) is 5.63. The summed E-state index contributed by atoms with van der Waals surface area (Å²) in [6, 6.07) is 0. The van der Waals surface area contributed by atoms with Crippen molar-refractivity contribution < 1.29 is 28.5 Å². The Labute approximate surface area is 145 Å². The van der Waals surface area contributed by atoms with Crippen molar-refractivity contribution in [3.63, 3.8) is 0 Å². The van der Waals surface area contributed by atoms with Gasteiger partial charge in [0.05, 0.1) is 13.0 Å². The molecule has 0 N–H and O–H groups in total. The van der Waals surface area contributed by atoms with Crippen molar-refractivity contribution in [3.8, 4) is 0 Å². The van der Waals surface area contributed by atoms with Crippen molar-refractivity contribution in [1.82, 2.24) is 0 Å². The Morgan fingerprint density at radius 1 is 1.08 bits per heavy atom. The Morgan fingerprint density at radius 3 is 2.21 bits per heavy atom. The molecule has 1 aliphatic carbocycles. The van der Waals surface area contributed by atoms with Gasteiger partial charge in [-0.3, -0.25) is 9.59 Å². The van der Waals surface area contributed by atoms with Gasteiger partial charge in [-0.05, 0) is 25.7 Å². The molecule has 1 rings (SSSR count). The molecule has 0 aromatic rings. The smallest absolute Gasteiger partial charge is 0.310 e. The summed E-state index contributed by atoms with van der Waals surface area (Å²) < 4.78 is 21.6. The molecule has 2 unspecified atom stereocenters. The summed E-state index contributed by atoms with van der Waals surface area (Å²) in [5.41, 5.74) is 0. The standard InChI is InChI=1S/C18H32O6/c1-5-14(6-2)17(21-4)24-16(20)11-12-22-18(23-13(3)19)15-9-7-8-10-15/h14-15,17-18H,5-12H2,1-4H3.